The van der Waals surface area contributed by atoms with Gasteiger partial charge in [-0.2, -0.15) is 5.10 Å². The van der Waals surface area contributed by atoms with E-state index < -0.39 is 0 Å². The average Bonchev–Trinajstić information content (AvgIpc) is 2.35. The molecule has 0 fully saturated rings. The first-order valence-corrected chi connectivity index (χ1v) is 3.81. The van der Waals surface area contributed by atoms with Crippen LogP contribution in [0.5, 0.6) is 0 Å². The van der Waals surface area contributed by atoms with Gasteiger partial charge in [-0.3, -0.25) is 5.10 Å². The molecule has 0 radical (unpaired) electrons. The van der Waals surface area contributed by atoms with Crippen LogP contribution >= 0.6 is 24.8 Å². The zero-order valence-electron chi connectivity index (χ0n) is 7.73. The number of rotatable bonds is 3. The molecule has 1 aromatic rings. The van der Waals surface area contributed by atoms with E-state index in [-0.39, 0.29) is 30.9 Å². The molecule has 0 bridgehead atoms. The first-order chi connectivity index (χ1) is 5.20. The van der Waals surface area contributed by atoms with E-state index in [1.54, 1.807) is 0 Å². The minimum absolute atomic E-state index is 0. The Morgan fingerprint density at radius 1 is 1.46 bits per heavy atom. The predicted octanol–water partition coefficient (Wildman–Crippen LogP) is 1.69. The Hall–Kier alpha value is -0.320. The predicted molar refractivity (Wildman–Crippen MR) is 57.3 cm³/mol. The van der Waals surface area contributed by atoms with Gasteiger partial charge in [-0.1, -0.05) is 13.8 Å². The first kappa shape index (κ1) is 15.2. The summed E-state index contributed by atoms with van der Waals surface area (Å²) in [6.07, 6.45) is 2.42. The molecule has 0 saturated carbocycles. The van der Waals surface area contributed by atoms with Gasteiger partial charge in [-0.05, 0) is 12.3 Å². The smallest absolute Gasteiger partial charge is 0.141 e. The molecule has 0 saturated heterocycles. The third kappa shape index (κ3) is 5.08. The van der Waals surface area contributed by atoms with Crippen LogP contribution in [-0.2, 0) is 0 Å². The van der Waals surface area contributed by atoms with Crippen molar-refractivity contribution in [1.29, 1.82) is 0 Å². The molecule has 4 nitrogen and oxygen atoms in total. The molecule has 0 aliphatic carbocycles. The summed E-state index contributed by atoms with van der Waals surface area (Å²) in [4.78, 5) is 3.98. The number of aromatic amines is 1. The fourth-order valence-corrected chi connectivity index (χ4v) is 1.01. The highest BCUT2D eigenvalue weighted by Crippen LogP contribution is 2.13. The Kier molecular flexibility index (Phi) is 8.30. The number of hydrogen-bond donors (Lipinski definition) is 2. The van der Waals surface area contributed by atoms with Crippen molar-refractivity contribution in [2.24, 2.45) is 11.7 Å². The lowest BCUT2D eigenvalue weighted by molar-refractivity contribution is 0.494. The molecule has 1 rings (SSSR count). The van der Waals surface area contributed by atoms with Crippen LogP contribution in [0.2, 0.25) is 0 Å². The van der Waals surface area contributed by atoms with Gasteiger partial charge in [0.1, 0.15) is 12.2 Å². The maximum Gasteiger partial charge on any atom is 0.141 e. The van der Waals surface area contributed by atoms with Crippen LogP contribution in [0, 0.1) is 5.92 Å². The number of nitrogens with zero attached hydrogens (tertiary/aromatic N) is 2. The second-order valence-electron chi connectivity index (χ2n) is 3.11. The molecule has 0 aliphatic rings. The Morgan fingerprint density at radius 2 is 2.08 bits per heavy atom. The summed E-state index contributed by atoms with van der Waals surface area (Å²) in [6.45, 7) is 4.27. The highest BCUT2D eigenvalue weighted by Gasteiger charge is 2.09. The number of halogens is 2. The summed E-state index contributed by atoms with van der Waals surface area (Å²) >= 11 is 0. The molecule has 13 heavy (non-hydrogen) atoms. The van der Waals surface area contributed by atoms with Gasteiger partial charge in [0.15, 0.2) is 0 Å². The van der Waals surface area contributed by atoms with Crippen LogP contribution in [0.3, 0.4) is 0 Å². The highest BCUT2D eigenvalue weighted by atomic mass is 35.5. The van der Waals surface area contributed by atoms with Gasteiger partial charge >= 0.3 is 0 Å². The molecule has 0 spiro atoms. The number of hydrogen-bond acceptors (Lipinski definition) is 3. The van der Waals surface area contributed by atoms with Gasteiger partial charge in [0.25, 0.3) is 0 Å². The zero-order chi connectivity index (χ0) is 8.27. The van der Waals surface area contributed by atoms with Crippen LogP contribution in [0.4, 0.5) is 0 Å². The highest BCUT2D eigenvalue weighted by molar-refractivity contribution is 5.85. The van der Waals surface area contributed by atoms with Crippen LogP contribution in [0.25, 0.3) is 0 Å². The lowest BCUT2D eigenvalue weighted by atomic mass is 10.0. The van der Waals surface area contributed by atoms with E-state index in [1.807, 2.05) is 0 Å². The summed E-state index contributed by atoms with van der Waals surface area (Å²) < 4.78 is 0. The van der Waals surface area contributed by atoms with Crippen molar-refractivity contribution in [3.63, 3.8) is 0 Å². The van der Waals surface area contributed by atoms with Crippen molar-refractivity contribution >= 4 is 24.8 Å². The van der Waals surface area contributed by atoms with E-state index in [0.717, 1.165) is 12.2 Å². The molecule has 78 valence electrons. The maximum absolute atomic E-state index is 5.81. The molecule has 1 atom stereocenters. The number of nitrogens with two attached hydrogens (primary N) is 1. The quantitative estimate of drug-likeness (QED) is 0.825. The van der Waals surface area contributed by atoms with Crippen molar-refractivity contribution in [3.05, 3.63) is 12.2 Å². The van der Waals surface area contributed by atoms with E-state index in [0.29, 0.717) is 5.92 Å². The van der Waals surface area contributed by atoms with E-state index in [1.165, 1.54) is 6.33 Å². The Morgan fingerprint density at radius 3 is 2.46 bits per heavy atom. The summed E-state index contributed by atoms with van der Waals surface area (Å²) in [5, 5.41) is 6.49. The van der Waals surface area contributed by atoms with Crippen molar-refractivity contribution in [2.75, 3.05) is 0 Å². The SMILES string of the molecule is CC(C)CC(N)c1ncn[nH]1.Cl.Cl. The molecule has 6 heteroatoms. The van der Waals surface area contributed by atoms with E-state index in [4.69, 9.17) is 5.73 Å². The van der Waals surface area contributed by atoms with Crippen LogP contribution in [-0.4, -0.2) is 15.2 Å². The minimum Gasteiger partial charge on any atom is -0.321 e. The van der Waals surface area contributed by atoms with Gasteiger partial charge in [-0.15, -0.1) is 24.8 Å². The van der Waals surface area contributed by atoms with Crippen LogP contribution in [0.15, 0.2) is 6.33 Å². The second-order valence-corrected chi connectivity index (χ2v) is 3.11. The average molecular weight is 227 g/mol. The van der Waals surface area contributed by atoms with E-state index in [9.17, 15) is 0 Å². The monoisotopic (exact) mass is 226 g/mol. The largest absolute Gasteiger partial charge is 0.321 e. The molecule has 1 aromatic heterocycles. The van der Waals surface area contributed by atoms with E-state index in [2.05, 4.69) is 29.0 Å². The Balaban J connectivity index is 0. The molecule has 1 unspecified atom stereocenters. The van der Waals surface area contributed by atoms with E-state index >= 15 is 0 Å². The summed E-state index contributed by atoms with van der Waals surface area (Å²) in [7, 11) is 0. The molecular weight excluding hydrogens is 211 g/mol. The maximum atomic E-state index is 5.81. The minimum atomic E-state index is -0.00231. The van der Waals surface area contributed by atoms with Crippen molar-refractivity contribution < 1.29 is 0 Å². The van der Waals surface area contributed by atoms with Gasteiger partial charge in [0, 0.05) is 0 Å². The first-order valence-electron chi connectivity index (χ1n) is 3.81. The molecule has 0 aromatic carbocycles. The number of nitrogens with one attached hydrogen (secondary N) is 1. The van der Waals surface area contributed by atoms with Gasteiger partial charge in [0.2, 0.25) is 0 Å². The van der Waals surface area contributed by atoms with Gasteiger partial charge < -0.3 is 5.73 Å². The van der Waals surface area contributed by atoms with Gasteiger partial charge in [0.05, 0.1) is 6.04 Å². The topological polar surface area (TPSA) is 67.6 Å². The van der Waals surface area contributed by atoms with Gasteiger partial charge in [-0.25, -0.2) is 4.98 Å². The van der Waals surface area contributed by atoms with Crippen molar-refractivity contribution in [2.45, 2.75) is 26.3 Å². The Labute approximate surface area is 90.5 Å². The molecular formula is C7H16Cl2N4. The Bertz CT molecular complexity index is 200. The third-order valence-electron chi connectivity index (χ3n) is 1.51. The molecule has 3 N–H and O–H groups in total. The third-order valence-corrected chi connectivity index (χ3v) is 1.51. The second kappa shape index (κ2) is 7.12. The molecule has 0 aliphatic heterocycles. The van der Waals surface area contributed by atoms with Crippen molar-refractivity contribution in [3.8, 4) is 0 Å². The number of H-pyrrole nitrogens is 1. The molecule has 1 heterocycles. The zero-order valence-corrected chi connectivity index (χ0v) is 9.36. The standard InChI is InChI=1S/C7H14N4.2ClH/c1-5(2)3-6(8)7-9-4-10-11-7;;/h4-6H,3,8H2,1-2H3,(H,9,10,11);2*1H. The summed E-state index contributed by atoms with van der Waals surface area (Å²) in [6, 6.07) is -0.00231. The van der Waals surface area contributed by atoms with Crippen LogP contribution in [0.1, 0.15) is 32.1 Å². The fourth-order valence-electron chi connectivity index (χ4n) is 1.01. The summed E-state index contributed by atoms with van der Waals surface area (Å²) in [5.41, 5.74) is 5.81. The number of aromatic nitrogens is 3. The van der Waals surface area contributed by atoms with Crippen molar-refractivity contribution in [1.82, 2.24) is 15.2 Å². The fraction of sp³-hybridized carbons (Fsp3) is 0.714. The lowest BCUT2D eigenvalue weighted by Gasteiger charge is -2.09. The van der Waals surface area contributed by atoms with Crippen LogP contribution < -0.4 is 5.73 Å². The lowest BCUT2D eigenvalue weighted by Crippen LogP contribution is -2.14. The molecule has 0 amide bonds. The summed E-state index contributed by atoms with van der Waals surface area (Å²) in [5.74, 6) is 1.37. The normalized spacial score (nSPS) is 11.7.